The molecule has 0 aliphatic carbocycles. The van der Waals surface area contributed by atoms with Gasteiger partial charge >= 0.3 is 0 Å². The largest absolute Gasteiger partial charge is 0.296 e. The zero-order chi connectivity index (χ0) is 41.8. The van der Waals surface area contributed by atoms with Gasteiger partial charge in [0.15, 0.2) is 0 Å². The fourth-order valence-electron chi connectivity index (χ4n) is 7.46. The molecule has 10 rings (SSSR count). The molecule has 0 fully saturated rings. The maximum Gasteiger partial charge on any atom is 0.114 e. The Morgan fingerprint density at radius 3 is 2.16 bits per heavy atom. The summed E-state index contributed by atoms with van der Waals surface area (Å²) in [4.78, 5) is 4.49. The molecule has 10 aromatic rings. The standard InChI is InChI=1S/C47H32N2S/c1-2-44-48-40-19-9-10-20-41(40)49(44)33-26-23-31(24-27-33)45-34-15-6-7-16-35(34)46(39-29-32(25-28-36(39)45)30-13-4-3-5-14-30)38-18-12-22-43-47(38)37-17-8-11-21-42(37)50-43/h3-29H,2H2,1H3/i1D3,2D2,3D,4D,5D,13D,14D. The van der Waals surface area contributed by atoms with Crippen molar-refractivity contribution in [1.29, 1.82) is 0 Å². The Morgan fingerprint density at radius 2 is 1.32 bits per heavy atom. The van der Waals surface area contributed by atoms with E-state index in [0.717, 1.165) is 64.0 Å². The second-order valence-corrected chi connectivity index (χ2v) is 13.3. The van der Waals surface area contributed by atoms with Gasteiger partial charge in [-0.2, -0.15) is 0 Å². The van der Waals surface area contributed by atoms with Crippen LogP contribution >= 0.6 is 11.3 Å². The van der Waals surface area contributed by atoms with Crippen LogP contribution in [0.4, 0.5) is 0 Å². The van der Waals surface area contributed by atoms with Crippen molar-refractivity contribution in [2.24, 2.45) is 0 Å². The number of benzene rings is 8. The van der Waals surface area contributed by atoms with Gasteiger partial charge in [-0.1, -0.05) is 128 Å². The number of thiophene rings is 1. The van der Waals surface area contributed by atoms with E-state index < -0.39 is 31.4 Å². The number of nitrogens with zero attached hydrogens (tertiary/aromatic N) is 2. The van der Waals surface area contributed by atoms with Crippen molar-refractivity contribution < 1.29 is 13.7 Å². The van der Waals surface area contributed by atoms with Crippen LogP contribution in [0.25, 0.3) is 91.8 Å². The molecule has 0 spiro atoms. The van der Waals surface area contributed by atoms with Crippen LogP contribution in [0, 0.1) is 0 Å². The summed E-state index contributed by atoms with van der Waals surface area (Å²) in [6.07, 6.45) is -2.75. The molecule has 2 heterocycles. The molecule has 2 nitrogen and oxygen atoms in total. The van der Waals surface area contributed by atoms with Crippen LogP contribution in [0.1, 0.15) is 26.4 Å². The second-order valence-electron chi connectivity index (χ2n) is 12.3. The monoisotopic (exact) mass is 666 g/mol. The van der Waals surface area contributed by atoms with Crippen molar-refractivity contribution in [1.82, 2.24) is 9.55 Å². The average molecular weight is 667 g/mol. The van der Waals surface area contributed by atoms with Gasteiger partial charge < -0.3 is 0 Å². The van der Waals surface area contributed by atoms with Gasteiger partial charge in [-0.15, -0.1) is 11.3 Å². The lowest BCUT2D eigenvalue weighted by Crippen LogP contribution is -2.00. The summed E-state index contributed by atoms with van der Waals surface area (Å²) in [6.45, 7) is -2.97. The van der Waals surface area contributed by atoms with E-state index in [1.165, 1.54) is 0 Å². The summed E-state index contributed by atoms with van der Waals surface area (Å²) >= 11 is 1.72. The Bertz CT molecular complexity index is 3370. The third-order valence-corrected chi connectivity index (χ3v) is 10.7. The van der Waals surface area contributed by atoms with Crippen molar-refractivity contribution in [3.63, 3.8) is 0 Å². The molecule has 0 atom stereocenters. The maximum atomic E-state index is 8.87. The Balaban J connectivity index is 1.28. The van der Waals surface area contributed by atoms with E-state index in [4.69, 9.17) is 13.7 Å². The van der Waals surface area contributed by atoms with E-state index >= 15 is 0 Å². The van der Waals surface area contributed by atoms with Crippen LogP contribution in [0.2, 0.25) is 0 Å². The Morgan fingerprint density at radius 1 is 0.620 bits per heavy atom. The fraction of sp³-hybridized carbons (Fsp3) is 0.0426. The van der Waals surface area contributed by atoms with Gasteiger partial charge in [-0.3, -0.25) is 4.57 Å². The van der Waals surface area contributed by atoms with E-state index in [1.54, 1.807) is 40.2 Å². The second kappa shape index (κ2) is 11.5. The molecular weight excluding hydrogens is 625 g/mol. The van der Waals surface area contributed by atoms with Gasteiger partial charge in [-0.25, -0.2) is 4.98 Å². The SMILES string of the molecule is [2H]c1c([2H])c([2H])c(-c2ccc3c(-c4ccc(-n5c(C([2H])([2H])C([2H])([2H])[2H])nc6ccccc65)cc4)c4ccccc4c(-c4cccc5sc6ccccc6c45)c3c2)c([2H])c1[2H]. The number of fused-ring (bicyclic) bond motifs is 6. The highest BCUT2D eigenvalue weighted by atomic mass is 32.1. The highest BCUT2D eigenvalue weighted by molar-refractivity contribution is 7.25. The van der Waals surface area contributed by atoms with Crippen LogP contribution < -0.4 is 0 Å². The first-order valence-corrected chi connectivity index (χ1v) is 17.1. The first kappa shape index (κ1) is 20.5. The first-order chi connectivity index (χ1) is 28.8. The molecule has 0 amide bonds. The van der Waals surface area contributed by atoms with Crippen molar-refractivity contribution in [3.8, 4) is 39.1 Å². The number of rotatable bonds is 5. The molecule has 0 bridgehead atoms. The Labute approximate surface area is 308 Å². The molecule has 0 unspecified atom stereocenters. The smallest absolute Gasteiger partial charge is 0.114 e. The predicted octanol–water partition coefficient (Wildman–Crippen LogP) is 13.3. The van der Waals surface area contributed by atoms with E-state index in [0.29, 0.717) is 22.3 Å². The van der Waals surface area contributed by atoms with Gasteiger partial charge in [0.05, 0.1) is 17.9 Å². The molecule has 50 heavy (non-hydrogen) atoms. The summed E-state index contributed by atoms with van der Waals surface area (Å²) in [5, 5.41) is 5.85. The minimum absolute atomic E-state index is 0.118. The third-order valence-electron chi connectivity index (χ3n) is 9.57. The zero-order valence-electron chi connectivity index (χ0n) is 36.5. The van der Waals surface area contributed by atoms with Gasteiger partial charge in [0.1, 0.15) is 5.82 Å². The average Bonchev–Trinajstić information content (AvgIpc) is 3.84. The lowest BCUT2D eigenvalue weighted by atomic mass is 9.84. The summed E-state index contributed by atoms with van der Waals surface area (Å²) in [6, 6.07) is 41.4. The van der Waals surface area contributed by atoms with E-state index in [-0.39, 0.29) is 23.5 Å². The molecule has 0 saturated carbocycles. The molecule has 0 aliphatic heterocycles. The third kappa shape index (κ3) is 4.44. The molecule has 236 valence electrons. The number of hydrogen-bond acceptors (Lipinski definition) is 2. The normalized spacial score (nSPS) is 15.2. The van der Waals surface area contributed by atoms with Crippen molar-refractivity contribution in [2.75, 3.05) is 0 Å². The highest BCUT2D eigenvalue weighted by Crippen LogP contribution is 2.48. The van der Waals surface area contributed by atoms with Crippen molar-refractivity contribution >= 4 is 64.1 Å². The number of hydrogen-bond donors (Lipinski definition) is 0. The number of aromatic nitrogens is 2. The molecule has 0 aliphatic rings. The summed E-state index contributed by atoms with van der Waals surface area (Å²) in [5.74, 6) is -0.216. The van der Waals surface area contributed by atoms with Gasteiger partial charge in [-0.05, 0) is 97.4 Å². The fourth-order valence-corrected chi connectivity index (χ4v) is 8.59. The van der Waals surface area contributed by atoms with E-state index in [2.05, 4.69) is 47.4 Å². The van der Waals surface area contributed by atoms with Crippen LogP contribution in [-0.2, 0) is 6.37 Å². The predicted molar refractivity (Wildman–Crippen MR) is 215 cm³/mol. The molecule has 3 heteroatoms. The lowest BCUT2D eigenvalue weighted by Gasteiger charge is -2.20. The van der Waals surface area contributed by atoms with E-state index in [1.807, 2.05) is 66.7 Å². The molecule has 2 aromatic heterocycles. The molecule has 0 radical (unpaired) electrons. The summed E-state index contributed by atoms with van der Waals surface area (Å²) < 4.78 is 88.2. The van der Waals surface area contributed by atoms with Gasteiger partial charge in [0, 0.05) is 39.1 Å². The summed E-state index contributed by atoms with van der Waals surface area (Å²) in [5.41, 5.74) is 5.89. The number of aryl methyl sites for hydroxylation is 1. The number of imidazole rings is 1. The number of para-hydroxylation sites is 2. The lowest BCUT2D eigenvalue weighted by molar-refractivity contribution is 0.908. The van der Waals surface area contributed by atoms with Crippen molar-refractivity contribution in [2.45, 2.75) is 13.2 Å². The summed E-state index contributed by atoms with van der Waals surface area (Å²) in [7, 11) is 0. The van der Waals surface area contributed by atoms with Crippen LogP contribution in [0.3, 0.4) is 0 Å². The maximum absolute atomic E-state index is 8.87. The van der Waals surface area contributed by atoms with E-state index in [9.17, 15) is 0 Å². The molecule has 0 saturated heterocycles. The van der Waals surface area contributed by atoms with Crippen LogP contribution in [-0.4, -0.2) is 9.55 Å². The quantitative estimate of drug-likeness (QED) is 0.167. The zero-order valence-corrected chi connectivity index (χ0v) is 27.3. The molecular formula is C47H32N2S. The van der Waals surface area contributed by atoms with Gasteiger partial charge in [0.25, 0.3) is 0 Å². The van der Waals surface area contributed by atoms with Crippen molar-refractivity contribution in [3.05, 3.63) is 169 Å². The van der Waals surface area contributed by atoms with Gasteiger partial charge in [0.2, 0.25) is 0 Å². The van der Waals surface area contributed by atoms with Crippen LogP contribution in [0.5, 0.6) is 0 Å². The highest BCUT2D eigenvalue weighted by Gasteiger charge is 2.21. The first-order valence-electron chi connectivity index (χ1n) is 21.3. The molecule has 8 aromatic carbocycles. The molecule has 0 N–H and O–H groups in total. The topological polar surface area (TPSA) is 17.8 Å². The Hall–Kier alpha value is -6.03. The van der Waals surface area contributed by atoms with Crippen LogP contribution in [0.15, 0.2) is 164 Å². The minimum atomic E-state index is -2.97. The Kier molecular flexibility index (Phi) is 4.73. The minimum Gasteiger partial charge on any atom is -0.296 e.